The lowest BCUT2D eigenvalue weighted by molar-refractivity contribution is 0.0939. The van der Waals surface area contributed by atoms with E-state index in [1.165, 1.54) is 0 Å². The fraction of sp³-hybridized carbons (Fsp3) is 0.261. The van der Waals surface area contributed by atoms with Gasteiger partial charge in [0, 0.05) is 23.9 Å². The molecule has 0 radical (unpaired) electrons. The topological polar surface area (TPSA) is 93.5 Å². The van der Waals surface area contributed by atoms with Gasteiger partial charge in [-0.15, -0.1) is 0 Å². The summed E-state index contributed by atoms with van der Waals surface area (Å²) in [5, 5.41) is 9.43. The molecule has 0 aliphatic heterocycles. The summed E-state index contributed by atoms with van der Waals surface area (Å²) in [6.07, 6.45) is 0. The van der Waals surface area contributed by atoms with Gasteiger partial charge in [0.05, 0.1) is 0 Å². The van der Waals surface area contributed by atoms with Gasteiger partial charge in [0.1, 0.15) is 12.4 Å². The Labute approximate surface area is 175 Å². The number of carbonyl (C=O) groups excluding carboxylic acids is 2. The summed E-state index contributed by atoms with van der Waals surface area (Å²) in [5.74, 6) is 0.972. The van der Waals surface area contributed by atoms with Crippen LogP contribution in [-0.4, -0.2) is 23.5 Å². The Morgan fingerprint density at radius 1 is 1.07 bits per heavy atom. The van der Waals surface area contributed by atoms with E-state index in [0.717, 1.165) is 5.56 Å². The molecule has 0 saturated carbocycles. The van der Waals surface area contributed by atoms with Crippen molar-refractivity contribution >= 4 is 17.5 Å². The van der Waals surface area contributed by atoms with Gasteiger partial charge in [0.15, 0.2) is 11.5 Å². The maximum absolute atomic E-state index is 12.4. The fourth-order valence-corrected chi connectivity index (χ4v) is 2.69. The lowest BCUT2D eigenvalue weighted by Crippen LogP contribution is -2.27. The highest BCUT2D eigenvalue weighted by Gasteiger charge is 2.13. The number of nitrogens with one attached hydrogen (secondary N) is 2. The van der Waals surface area contributed by atoms with Crippen LogP contribution in [0.1, 0.15) is 46.0 Å². The number of nitrogens with zero attached hydrogens (tertiary/aromatic N) is 1. The number of amides is 2. The molecule has 0 bridgehead atoms. The van der Waals surface area contributed by atoms with Gasteiger partial charge in [-0.1, -0.05) is 37.2 Å². The van der Waals surface area contributed by atoms with Gasteiger partial charge < -0.3 is 19.9 Å². The van der Waals surface area contributed by atoms with Gasteiger partial charge in [0.2, 0.25) is 0 Å². The molecule has 0 atom stereocenters. The smallest absolute Gasteiger partial charge is 0.273 e. The van der Waals surface area contributed by atoms with Crippen molar-refractivity contribution in [3.63, 3.8) is 0 Å². The van der Waals surface area contributed by atoms with Crippen LogP contribution in [0.5, 0.6) is 5.75 Å². The molecule has 1 heterocycles. The van der Waals surface area contributed by atoms with E-state index in [-0.39, 0.29) is 24.1 Å². The molecule has 0 aliphatic carbocycles. The third-order valence-electron chi connectivity index (χ3n) is 4.35. The van der Waals surface area contributed by atoms with E-state index in [9.17, 15) is 9.59 Å². The van der Waals surface area contributed by atoms with Crippen molar-refractivity contribution in [2.45, 2.75) is 27.4 Å². The van der Waals surface area contributed by atoms with Crippen molar-refractivity contribution in [2.24, 2.45) is 5.92 Å². The fourth-order valence-electron chi connectivity index (χ4n) is 2.69. The number of benzene rings is 2. The summed E-state index contributed by atoms with van der Waals surface area (Å²) in [6.45, 7) is 6.64. The molecular formula is C23H25N3O4. The van der Waals surface area contributed by atoms with E-state index in [1.807, 2.05) is 39.0 Å². The first-order valence-electron chi connectivity index (χ1n) is 9.76. The summed E-state index contributed by atoms with van der Waals surface area (Å²) in [7, 11) is 0. The van der Waals surface area contributed by atoms with Crippen LogP contribution >= 0.6 is 0 Å². The number of ether oxygens (including phenoxy) is 1. The molecule has 2 aromatic carbocycles. The number of hydrogen-bond acceptors (Lipinski definition) is 5. The lowest BCUT2D eigenvalue weighted by atomic mass is 10.1. The summed E-state index contributed by atoms with van der Waals surface area (Å²) < 4.78 is 10.8. The van der Waals surface area contributed by atoms with E-state index in [1.54, 1.807) is 36.4 Å². The first-order valence-corrected chi connectivity index (χ1v) is 9.76. The Kier molecular flexibility index (Phi) is 6.85. The zero-order valence-electron chi connectivity index (χ0n) is 17.3. The minimum absolute atomic E-state index is 0.138. The summed E-state index contributed by atoms with van der Waals surface area (Å²) in [5.41, 5.74) is 2.44. The van der Waals surface area contributed by atoms with E-state index < -0.39 is 0 Å². The highest BCUT2D eigenvalue weighted by molar-refractivity contribution is 6.05. The second kappa shape index (κ2) is 9.73. The van der Waals surface area contributed by atoms with Crippen molar-refractivity contribution in [2.75, 3.05) is 11.9 Å². The second-order valence-corrected chi connectivity index (χ2v) is 7.36. The van der Waals surface area contributed by atoms with E-state index in [0.29, 0.717) is 35.2 Å². The zero-order chi connectivity index (χ0) is 21.5. The number of anilines is 1. The Hall–Kier alpha value is -3.61. The Balaban J connectivity index is 1.52. The average molecular weight is 407 g/mol. The van der Waals surface area contributed by atoms with Gasteiger partial charge in [-0.05, 0) is 48.7 Å². The summed E-state index contributed by atoms with van der Waals surface area (Å²) in [6, 6.07) is 16.0. The first kappa shape index (κ1) is 21.1. The van der Waals surface area contributed by atoms with Crippen LogP contribution in [0.3, 0.4) is 0 Å². The van der Waals surface area contributed by atoms with Crippen molar-refractivity contribution in [1.29, 1.82) is 0 Å². The van der Waals surface area contributed by atoms with E-state index in [4.69, 9.17) is 9.26 Å². The normalized spacial score (nSPS) is 10.7. The minimum atomic E-state index is -0.271. The molecule has 156 valence electrons. The third kappa shape index (κ3) is 5.70. The number of hydrogen-bond donors (Lipinski definition) is 2. The molecule has 3 rings (SSSR count). The predicted octanol–water partition coefficient (Wildman–Crippen LogP) is 4.20. The van der Waals surface area contributed by atoms with Crippen molar-refractivity contribution < 1.29 is 18.8 Å². The van der Waals surface area contributed by atoms with Crippen LogP contribution in [-0.2, 0) is 6.61 Å². The number of rotatable bonds is 8. The standard InChI is InChI=1S/C23H25N3O4/c1-15(2)13-24-23(28)21-12-19(30-26-21)14-29-18-10-8-17(9-11-18)25-22(27)20-7-5-4-6-16(20)3/h4-12,15H,13-14H2,1-3H3,(H,24,28)(H,25,27). The number of carbonyl (C=O) groups is 2. The van der Waals surface area contributed by atoms with Crippen molar-refractivity contribution in [1.82, 2.24) is 10.5 Å². The second-order valence-electron chi connectivity index (χ2n) is 7.36. The average Bonchev–Trinajstić information content (AvgIpc) is 3.21. The van der Waals surface area contributed by atoms with Crippen LogP contribution in [0.25, 0.3) is 0 Å². The highest BCUT2D eigenvalue weighted by atomic mass is 16.5. The van der Waals surface area contributed by atoms with Gasteiger partial charge in [-0.3, -0.25) is 9.59 Å². The zero-order valence-corrected chi connectivity index (χ0v) is 17.3. The maximum atomic E-state index is 12.4. The van der Waals surface area contributed by atoms with Crippen molar-refractivity contribution in [3.8, 4) is 5.75 Å². The first-order chi connectivity index (χ1) is 14.4. The Bertz CT molecular complexity index is 1010. The van der Waals surface area contributed by atoms with Crippen LogP contribution in [0, 0.1) is 12.8 Å². The monoisotopic (exact) mass is 407 g/mol. The molecule has 0 saturated heterocycles. The minimum Gasteiger partial charge on any atom is -0.486 e. The molecule has 0 unspecified atom stereocenters. The molecular weight excluding hydrogens is 382 g/mol. The lowest BCUT2D eigenvalue weighted by Gasteiger charge is -2.09. The van der Waals surface area contributed by atoms with Crippen LogP contribution in [0.2, 0.25) is 0 Å². The van der Waals surface area contributed by atoms with Crippen LogP contribution in [0.4, 0.5) is 5.69 Å². The molecule has 30 heavy (non-hydrogen) atoms. The van der Waals surface area contributed by atoms with E-state index in [2.05, 4.69) is 15.8 Å². The molecule has 7 nitrogen and oxygen atoms in total. The van der Waals surface area contributed by atoms with Gasteiger partial charge >= 0.3 is 0 Å². The van der Waals surface area contributed by atoms with Gasteiger partial charge in [-0.2, -0.15) is 0 Å². The maximum Gasteiger partial charge on any atom is 0.273 e. The Morgan fingerprint density at radius 2 is 1.80 bits per heavy atom. The SMILES string of the molecule is Cc1ccccc1C(=O)Nc1ccc(OCc2cc(C(=O)NCC(C)C)no2)cc1. The molecule has 1 aromatic heterocycles. The van der Waals surface area contributed by atoms with Gasteiger partial charge in [0.25, 0.3) is 11.8 Å². The third-order valence-corrected chi connectivity index (χ3v) is 4.35. The predicted molar refractivity (Wildman–Crippen MR) is 114 cm³/mol. The molecule has 7 heteroatoms. The molecule has 2 N–H and O–H groups in total. The number of aromatic nitrogens is 1. The Morgan fingerprint density at radius 3 is 2.50 bits per heavy atom. The highest BCUT2D eigenvalue weighted by Crippen LogP contribution is 2.19. The largest absolute Gasteiger partial charge is 0.486 e. The summed E-state index contributed by atoms with van der Waals surface area (Å²) in [4.78, 5) is 24.4. The number of aryl methyl sites for hydroxylation is 1. The molecule has 0 fully saturated rings. The molecule has 0 spiro atoms. The molecule has 3 aromatic rings. The molecule has 2 amide bonds. The molecule has 0 aliphatic rings. The van der Waals surface area contributed by atoms with Crippen LogP contribution < -0.4 is 15.4 Å². The van der Waals surface area contributed by atoms with E-state index >= 15 is 0 Å². The summed E-state index contributed by atoms with van der Waals surface area (Å²) >= 11 is 0. The van der Waals surface area contributed by atoms with Crippen LogP contribution in [0.15, 0.2) is 59.1 Å². The quantitative estimate of drug-likeness (QED) is 0.584. The van der Waals surface area contributed by atoms with Gasteiger partial charge in [-0.25, -0.2) is 0 Å². The van der Waals surface area contributed by atoms with Crippen molar-refractivity contribution in [3.05, 3.63) is 77.2 Å².